The van der Waals surface area contributed by atoms with Crippen LogP contribution in [0, 0.1) is 17.2 Å². The normalized spacial score (nSPS) is 28.5. The summed E-state index contributed by atoms with van der Waals surface area (Å²) < 4.78 is 5.62. The number of carbonyl (C=O) groups is 1. The second-order valence-electron chi connectivity index (χ2n) is 5.33. The van der Waals surface area contributed by atoms with Crippen LogP contribution >= 0.6 is 0 Å². The molecule has 4 heteroatoms. The summed E-state index contributed by atoms with van der Waals surface area (Å²) in [7, 11) is 0. The molecule has 104 valence electrons. The number of rotatable bonds is 3. The van der Waals surface area contributed by atoms with Gasteiger partial charge in [0, 0.05) is 24.0 Å². The minimum Gasteiger partial charge on any atom is -0.387 e. The number of ether oxygens (including phenoxy) is 1. The average molecular weight is 262 g/mol. The lowest BCUT2D eigenvalue weighted by Gasteiger charge is -2.22. The highest BCUT2D eigenvalue weighted by Gasteiger charge is 2.31. The molecule has 2 unspecified atom stereocenters. The standard InChI is InChI=1S/C11H14O2.C4H8N2/c1-2-9-5-8(7-12)6-10-3-4-13-11(9)10;5-4(6)3-1-2-3/h5-7,10-11H,2-4H2,1H3;3H,1-2H2,(H3,5,6). The molecule has 1 saturated carbocycles. The quantitative estimate of drug-likeness (QED) is 0.465. The van der Waals surface area contributed by atoms with Gasteiger partial charge < -0.3 is 10.5 Å². The lowest BCUT2D eigenvalue weighted by Crippen LogP contribution is -2.20. The first-order valence-corrected chi connectivity index (χ1v) is 6.98. The molecule has 2 aliphatic carbocycles. The third kappa shape index (κ3) is 3.53. The van der Waals surface area contributed by atoms with Gasteiger partial charge in [0.25, 0.3) is 0 Å². The van der Waals surface area contributed by atoms with Gasteiger partial charge in [-0.2, -0.15) is 0 Å². The summed E-state index contributed by atoms with van der Waals surface area (Å²) in [5, 5.41) is 6.79. The van der Waals surface area contributed by atoms with Crippen molar-refractivity contribution in [3.63, 3.8) is 0 Å². The van der Waals surface area contributed by atoms with Crippen LogP contribution < -0.4 is 5.73 Å². The van der Waals surface area contributed by atoms with E-state index in [1.807, 2.05) is 12.2 Å². The fraction of sp³-hybridized carbons (Fsp3) is 0.600. The van der Waals surface area contributed by atoms with Crippen LogP contribution in [0.5, 0.6) is 0 Å². The molecule has 4 nitrogen and oxygen atoms in total. The van der Waals surface area contributed by atoms with Crippen molar-refractivity contribution < 1.29 is 9.53 Å². The zero-order chi connectivity index (χ0) is 13.8. The van der Waals surface area contributed by atoms with E-state index in [9.17, 15) is 4.79 Å². The molecule has 1 aliphatic heterocycles. The fourth-order valence-corrected chi connectivity index (χ4v) is 2.52. The van der Waals surface area contributed by atoms with Crippen LogP contribution in [0.3, 0.4) is 0 Å². The molecule has 0 bridgehead atoms. The highest BCUT2D eigenvalue weighted by molar-refractivity contribution is 5.81. The molecule has 1 heterocycles. The Morgan fingerprint density at radius 2 is 2.26 bits per heavy atom. The van der Waals surface area contributed by atoms with Gasteiger partial charge in [0.2, 0.25) is 0 Å². The Kier molecular flexibility index (Phi) is 4.53. The van der Waals surface area contributed by atoms with E-state index in [0.717, 1.165) is 44.1 Å². The van der Waals surface area contributed by atoms with Crippen LogP contribution in [-0.2, 0) is 9.53 Å². The molecule has 19 heavy (non-hydrogen) atoms. The zero-order valence-corrected chi connectivity index (χ0v) is 11.4. The van der Waals surface area contributed by atoms with Crippen LogP contribution in [-0.4, -0.2) is 24.8 Å². The molecule has 0 aromatic carbocycles. The number of hydrogen-bond donors (Lipinski definition) is 2. The smallest absolute Gasteiger partial charge is 0.149 e. The van der Waals surface area contributed by atoms with Crippen molar-refractivity contribution >= 4 is 12.1 Å². The first kappa shape index (κ1) is 14.0. The van der Waals surface area contributed by atoms with E-state index in [4.69, 9.17) is 15.9 Å². The van der Waals surface area contributed by atoms with Crippen molar-refractivity contribution in [3.8, 4) is 0 Å². The lowest BCUT2D eigenvalue weighted by molar-refractivity contribution is -0.104. The molecule has 0 spiro atoms. The van der Waals surface area contributed by atoms with Crippen molar-refractivity contribution in [2.24, 2.45) is 17.6 Å². The summed E-state index contributed by atoms with van der Waals surface area (Å²) in [6.07, 6.45) is 9.54. The van der Waals surface area contributed by atoms with E-state index in [2.05, 4.69) is 6.92 Å². The predicted molar refractivity (Wildman–Crippen MR) is 75.0 cm³/mol. The summed E-state index contributed by atoms with van der Waals surface area (Å²) in [5.74, 6) is 1.28. The van der Waals surface area contributed by atoms with Gasteiger partial charge in [-0.05, 0) is 31.3 Å². The monoisotopic (exact) mass is 262 g/mol. The first-order chi connectivity index (χ1) is 9.15. The second-order valence-corrected chi connectivity index (χ2v) is 5.33. The zero-order valence-electron chi connectivity index (χ0n) is 11.4. The lowest BCUT2D eigenvalue weighted by atomic mass is 9.86. The number of allylic oxidation sites excluding steroid dienone is 2. The number of amidine groups is 1. The fourth-order valence-electron chi connectivity index (χ4n) is 2.52. The van der Waals surface area contributed by atoms with Crippen molar-refractivity contribution in [2.45, 2.75) is 38.7 Å². The van der Waals surface area contributed by atoms with Gasteiger partial charge in [-0.15, -0.1) is 0 Å². The number of nitrogens with two attached hydrogens (primary N) is 1. The molecule has 2 fully saturated rings. The molecule has 0 radical (unpaired) electrons. The van der Waals surface area contributed by atoms with Crippen molar-refractivity contribution in [1.82, 2.24) is 0 Å². The maximum absolute atomic E-state index is 10.7. The van der Waals surface area contributed by atoms with E-state index in [1.165, 1.54) is 5.57 Å². The van der Waals surface area contributed by atoms with Crippen molar-refractivity contribution in [2.75, 3.05) is 6.61 Å². The Balaban J connectivity index is 0.000000186. The molecule has 0 aromatic heterocycles. The molecule has 3 N–H and O–H groups in total. The predicted octanol–water partition coefficient (Wildman–Crippen LogP) is 2.20. The number of carbonyl (C=O) groups excluding carboxylic acids is 1. The minimum absolute atomic E-state index is 0.258. The van der Waals surface area contributed by atoms with Crippen LogP contribution in [0.2, 0.25) is 0 Å². The molecule has 1 saturated heterocycles. The van der Waals surface area contributed by atoms with Crippen molar-refractivity contribution in [3.05, 3.63) is 23.3 Å². The Morgan fingerprint density at radius 3 is 2.74 bits per heavy atom. The van der Waals surface area contributed by atoms with Crippen LogP contribution in [0.1, 0.15) is 32.6 Å². The summed E-state index contributed by atoms with van der Waals surface area (Å²) in [6, 6.07) is 0. The van der Waals surface area contributed by atoms with E-state index in [-0.39, 0.29) is 6.10 Å². The number of fused-ring (bicyclic) bond motifs is 1. The van der Waals surface area contributed by atoms with E-state index < -0.39 is 0 Å². The van der Waals surface area contributed by atoms with E-state index in [0.29, 0.717) is 17.7 Å². The molecule has 0 amide bonds. The molecule has 3 rings (SSSR count). The molecule has 2 atom stereocenters. The van der Waals surface area contributed by atoms with Crippen LogP contribution in [0.15, 0.2) is 23.3 Å². The van der Waals surface area contributed by atoms with Gasteiger partial charge in [-0.1, -0.05) is 19.1 Å². The molecular weight excluding hydrogens is 240 g/mol. The Morgan fingerprint density at radius 1 is 1.53 bits per heavy atom. The summed E-state index contributed by atoms with van der Waals surface area (Å²) in [6.45, 7) is 2.94. The topological polar surface area (TPSA) is 76.2 Å². The second kappa shape index (κ2) is 6.15. The third-order valence-corrected chi connectivity index (χ3v) is 3.82. The number of hydrogen-bond acceptors (Lipinski definition) is 3. The maximum atomic E-state index is 10.7. The van der Waals surface area contributed by atoms with Crippen LogP contribution in [0.25, 0.3) is 0 Å². The van der Waals surface area contributed by atoms with Gasteiger partial charge in [-0.25, -0.2) is 0 Å². The number of nitrogens with one attached hydrogen (secondary N) is 1. The van der Waals surface area contributed by atoms with Gasteiger partial charge in [0.1, 0.15) is 6.29 Å². The first-order valence-electron chi connectivity index (χ1n) is 6.98. The minimum atomic E-state index is 0.258. The van der Waals surface area contributed by atoms with Gasteiger partial charge in [0.15, 0.2) is 0 Å². The maximum Gasteiger partial charge on any atom is 0.149 e. The molecular formula is C15H22N2O2. The molecule has 0 aromatic rings. The highest BCUT2D eigenvalue weighted by atomic mass is 16.5. The Labute approximate surface area is 114 Å². The van der Waals surface area contributed by atoms with Gasteiger partial charge >= 0.3 is 0 Å². The molecule has 3 aliphatic rings. The Hall–Kier alpha value is -1.42. The average Bonchev–Trinajstić information content (AvgIpc) is 3.17. The van der Waals surface area contributed by atoms with Crippen LogP contribution in [0.4, 0.5) is 0 Å². The third-order valence-electron chi connectivity index (χ3n) is 3.82. The largest absolute Gasteiger partial charge is 0.387 e. The number of aldehydes is 1. The Bertz CT molecular complexity index is 422. The van der Waals surface area contributed by atoms with E-state index >= 15 is 0 Å². The summed E-state index contributed by atoms with van der Waals surface area (Å²) in [4.78, 5) is 10.7. The SMILES string of the molecule is CCC1=CC(C=O)=CC2CCOC12.N=C(N)C1CC1. The summed E-state index contributed by atoms with van der Waals surface area (Å²) >= 11 is 0. The highest BCUT2D eigenvalue weighted by Crippen LogP contribution is 2.33. The van der Waals surface area contributed by atoms with E-state index in [1.54, 1.807) is 0 Å². The summed E-state index contributed by atoms with van der Waals surface area (Å²) in [5.41, 5.74) is 7.17. The van der Waals surface area contributed by atoms with Crippen molar-refractivity contribution in [1.29, 1.82) is 5.41 Å². The van der Waals surface area contributed by atoms with Gasteiger partial charge in [-0.3, -0.25) is 10.2 Å². The van der Waals surface area contributed by atoms with Gasteiger partial charge in [0.05, 0.1) is 11.9 Å².